The van der Waals surface area contributed by atoms with Crippen LogP contribution in [0.4, 0.5) is 21.7 Å². The Balaban J connectivity index is 2.36. The molecule has 0 aliphatic heterocycles. The molecule has 1 aromatic heterocycles. The number of anilines is 3. The van der Waals surface area contributed by atoms with Gasteiger partial charge < -0.3 is 10.7 Å². The van der Waals surface area contributed by atoms with Gasteiger partial charge in [0.05, 0.1) is 0 Å². The predicted molar refractivity (Wildman–Crippen MR) is 78.3 cm³/mol. The minimum atomic E-state index is -0.298. The van der Waals surface area contributed by atoms with E-state index in [9.17, 15) is 4.39 Å². The summed E-state index contributed by atoms with van der Waals surface area (Å²) >= 11 is 0. The Hall–Kier alpha value is -2.21. The lowest BCUT2D eigenvalue weighted by atomic mass is 10.2. The molecule has 1 aromatic carbocycles. The second-order valence-corrected chi connectivity index (χ2v) is 4.49. The monoisotopic (exact) mass is 275 g/mol. The van der Waals surface area contributed by atoms with E-state index >= 15 is 0 Å². The Morgan fingerprint density at radius 3 is 2.65 bits per heavy atom. The molecular formula is C14H18FN5. The average Bonchev–Trinajstić information content (AvgIpc) is 2.42. The number of aryl methyl sites for hydroxylation is 1. The van der Waals surface area contributed by atoms with Gasteiger partial charge in [0.25, 0.3) is 0 Å². The van der Waals surface area contributed by atoms with E-state index < -0.39 is 0 Å². The molecule has 0 aliphatic carbocycles. The van der Waals surface area contributed by atoms with Crippen LogP contribution >= 0.6 is 0 Å². The van der Waals surface area contributed by atoms with Crippen LogP contribution in [0.1, 0.15) is 24.7 Å². The van der Waals surface area contributed by atoms with Crippen molar-refractivity contribution in [1.29, 1.82) is 0 Å². The highest BCUT2D eigenvalue weighted by molar-refractivity contribution is 5.64. The van der Waals surface area contributed by atoms with E-state index in [0.29, 0.717) is 23.1 Å². The van der Waals surface area contributed by atoms with Crippen molar-refractivity contribution in [1.82, 2.24) is 9.97 Å². The third-order valence-electron chi connectivity index (χ3n) is 2.89. The second kappa shape index (κ2) is 6.29. The maximum Gasteiger partial charge on any atom is 0.148 e. The number of aromatic nitrogens is 2. The number of hydrogen-bond donors (Lipinski definition) is 3. The lowest BCUT2D eigenvalue weighted by Crippen LogP contribution is -2.14. The Kier molecular flexibility index (Phi) is 4.47. The highest BCUT2D eigenvalue weighted by Gasteiger charge is 2.10. The van der Waals surface area contributed by atoms with E-state index in [4.69, 9.17) is 5.84 Å². The fourth-order valence-corrected chi connectivity index (χ4v) is 1.86. The van der Waals surface area contributed by atoms with Crippen LogP contribution in [0.15, 0.2) is 24.3 Å². The van der Waals surface area contributed by atoms with Crippen LogP contribution in [-0.4, -0.2) is 9.97 Å². The Morgan fingerprint density at radius 2 is 2.00 bits per heavy atom. The zero-order chi connectivity index (χ0) is 14.5. The second-order valence-electron chi connectivity index (χ2n) is 4.49. The Bertz CT molecular complexity index is 600. The van der Waals surface area contributed by atoms with E-state index in [1.807, 2.05) is 6.92 Å². The molecule has 20 heavy (non-hydrogen) atoms. The van der Waals surface area contributed by atoms with Gasteiger partial charge in [-0.1, -0.05) is 13.0 Å². The molecular weight excluding hydrogens is 257 g/mol. The molecule has 0 aliphatic rings. The van der Waals surface area contributed by atoms with Gasteiger partial charge in [0.15, 0.2) is 0 Å². The molecule has 0 atom stereocenters. The van der Waals surface area contributed by atoms with Crippen LogP contribution in [0.5, 0.6) is 0 Å². The number of nitrogens with zero attached hydrogens (tertiary/aromatic N) is 2. The number of benzene rings is 1. The molecule has 6 heteroatoms. The van der Waals surface area contributed by atoms with E-state index in [0.717, 1.165) is 18.4 Å². The third-order valence-corrected chi connectivity index (χ3v) is 2.89. The summed E-state index contributed by atoms with van der Waals surface area (Å²) in [5.41, 5.74) is 3.99. The van der Waals surface area contributed by atoms with Crippen molar-refractivity contribution in [3.8, 4) is 0 Å². The fourth-order valence-electron chi connectivity index (χ4n) is 1.86. The number of nitrogens with one attached hydrogen (secondary N) is 2. The molecule has 5 nitrogen and oxygen atoms in total. The van der Waals surface area contributed by atoms with Crippen LogP contribution in [0.2, 0.25) is 0 Å². The van der Waals surface area contributed by atoms with Crippen LogP contribution in [-0.2, 0) is 6.42 Å². The van der Waals surface area contributed by atoms with Crippen LogP contribution in [0.3, 0.4) is 0 Å². The zero-order valence-electron chi connectivity index (χ0n) is 11.6. The molecule has 0 saturated carbocycles. The third kappa shape index (κ3) is 3.21. The average molecular weight is 275 g/mol. The summed E-state index contributed by atoms with van der Waals surface area (Å²) in [6.07, 6.45) is 1.69. The van der Waals surface area contributed by atoms with Gasteiger partial charge in [-0.15, -0.1) is 0 Å². The summed E-state index contributed by atoms with van der Waals surface area (Å²) in [4.78, 5) is 8.79. The summed E-state index contributed by atoms with van der Waals surface area (Å²) in [5.74, 6) is 7.07. The Labute approximate surface area is 117 Å². The van der Waals surface area contributed by atoms with Crippen molar-refractivity contribution in [3.63, 3.8) is 0 Å². The minimum absolute atomic E-state index is 0.298. The molecule has 106 valence electrons. The van der Waals surface area contributed by atoms with Gasteiger partial charge >= 0.3 is 0 Å². The first kappa shape index (κ1) is 14.2. The fraction of sp³-hybridized carbons (Fsp3) is 0.286. The molecule has 0 spiro atoms. The first-order valence-electron chi connectivity index (χ1n) is 6.50. The van der Waals surface area contributed by atoms with Gasteiger partial charge in [-0.3, -0.25) is 0 Å². The summed E-state index contributed by atoms with van der Waals surface area (Å²) in [6, 6.07) is 6.23. The van der Waals surface area contributed by atoms with Crippen molar-refractivity contribution >= 4 is 17.3 Å². The standard InChI is InChI=1S/C14H18FN5/c1-3-5-12-18-13(9(2)14(19-12)20-16)17-11-7-4-6-10(15)8-11/h4,6-8H,3,5,16H2,1-2H3,(H2,17,18,19,20). The van der Waals surface area contributed by atoms with Gasteiger partial charge in [0, 0.05) is 17.7 Å². The molecule has 0 radical (unpaired) electrons. The van der Waals surface area contributed by atoms with Crippen molar-refractivity contribution in [2.24, 2.45) is 5.84 Å². The summed E-state index contributed by atoms with van der Waals surface area (Å²) in [6.45, 7) is 3.91. The van der Waals surface area contributed by atoms with Crippen molar-refractivity contribution in [2.45, 2.75) is 26.7 Å². The quantitative estimate of drug-likeness (QED) is 0.578. The summed E-state index contributed by atoms with van der Waals surface area (Å²) in [7, 11) is 0. The first-order chi connectivity index (χ1) is 9.63. The maximum atomic E-state index is 13.2. The molecule has 4 N–H and O–H groups in total. The predicted octanol–water partition coefficient (Wildman–Crippen LogP) is 2.91. The minimum Gasteiger partial charge on any atom is -0.340 e. The smallest absolute Gasteiger partial charge is 0.148 e. The van der Waals surface area contributed by atoms with Crippen LogP contribution < -0.4 is 16.6 Å². The number of hydrogen-bond acceptors (Lipinski definition) is 5. The number of nitrogens with two attached hydrogens (primary N) is 1. The summed E-state index contributed by atoms with van der Waals surface area (Å²) in [5, 5.41) is 3.10. The molecule has 1 heterocycles. The number of nitrogen functional groups attached to an aromatic ring is 1. The lowest BCUT2D eigenvalue weighted by molar-refractivity contribution is 0.628. The normalized spacial score (nSPS) is 10.4. The molecule has 0 fully saturated rings. The van der Waals surface area contributed by atoms with Crippen LogP contribution in [0, 0.1) is 12.7 Å². The SMILES string of the molecule is CCCc1nc(NN)c(C)c(Nc2cccc(F)c2)n1. The van der Waals surface area contributed by atoms with E-state index in [-0.39, 0.29) is 5.82 Å². The number of rotatable bonds is 5. The van der Waals surface area contributed by atoms with Gasteiger partial charge in [-0.25, -0.2) is 20.2 Å². The largest absolute Gasteiger partial charge is 0.340 e. The van der Waals surface area contributed by atoms with Crippen molar-refractivity contribution in [3.05, 3.63) is 41.5 Å². The Morgan fingerprint density at radius 1 is 1.25 bits per heavy atom. The van der Waals surface area contributed by atoms with E-state index in [1.165, 1.54) is 12.1 Å². The highest BCUT2D eigenvalue weighted by Crippen LogP contribution is 2.23. The van der Waals surface area contributed by atoms with Crippen LogP contribution in [0.25, 0.3) is 0 Å². The molecule has 2 rings (SSSR count). The molecule has 0 unspecified atom stereocenters. The van der Waals surface area contributed by atoms with Gasteiger partial charge in [-0.2, -0.15) is 0 Å². The van der Waals surface area contributed by atoms with E-state index in [1.54, 1.807) is 12.1 Å². The summed E-state index contributed by atoms with van der Waals surface area (Å²) < 4.78 is 13.2. The lowest BCUT2D eigenvalue weighted by Gasteiger charge is -2.13. The zero-order valence-corrected chi connectivity index (χ0v) is 11.6. The molecule has 2 aromatic rings. The highest BCUT2D eigenvalue weighted by atomic mass is 19.1. The van der Waals surface area contributed by atoms with Crippen molar-refractivity contribution < 1.29 is 4.39 Å². The number of hydrazine groups is 1. The van der Waals surface area contributed by atoms with Gasteiger partial charge in [0.1, 0.15) is 23.3 Å². The first-order valence-corrected chi connectivity index (χ1v) is 6.50. The number of halogens is 1. The molecule has 0 amide bonds. The molecule has 0 saturated heterocycles. The topological polar surface area (TPSA) is 75.9 Å². The molecule has 0 bridgehead atoms. The maximum absolute atomic E-state index is 13.2. The van der Waals surface area contributed by atoms with E-state index in [2.05, 4.69) is 27.6 Å². The van der Waals surface area contributed by atoms with Crippen molar-refractivity contribution in [2.75, 3.05) is 10.7 Å². The van der Waals surface area contributed by atoms with Gasteiger partial charge in [-0.05, 0) is 31.5 Å². The van der Waals surface area contributed by atoms with Gasteiger partial charge in [0.2, 0.25) is 0 Å².